The summed E-state index contributed by atoms with van der Waals surface area (Å²) in [5.41, 5.74) is 0. The van der Waals surface area contributed by atoms with Gasteiger partial charge in [0.15, 0.2) is 0 Å². The van der Waals surface area contributed by atoms with Crippen LogP contribution in [0.1, 0.15) is 12.8 Å². The normalized spacial score (nSPS) is 27.1. The molecule has 0 aromatic rings. The van der Waals surface area contributed by atoms with Crippen LogP contribution in [0.5, 0.6) is 0 Å². The van der Waals surface area contributed by atoms with E-state index >= 15 is 0 Å². The zero-order valence-electron chi connectivity index (χ0n) is 5.59. The Hall–Kier alpha value is 0.160. The summed E-state index contributed by atoms with van der Waals surface area (Å²) < 4.78 is 0.828. The SMILES string of the molecule is O=C(O)C1CCCN1CI. The van der Waals surface area contributed by atoms with E-state index in [2.05, 4.69) is 22.6 Å². The molecular formula is C6H10INO2. The van der Waals surface area contributed by atoms with Crippen molar-refractivity contribution < 1.29 is 9.90 Å². The van der Waals surface area contributed by atoms with Gasteiger partial charge in [-0.3, -0.25) is 9.69 Å². The van der Waals surface area contributed by atoms with E-state index in [0.29, 0.717) is 0 Å². The first-order valence-corrected chi connectivity index (χ1v) is 4.81. The summed E-state index contributed by atoms with van der Waals surface area (Å²) >= 11 is 2.20. The average molecular weight is 255 g/mol. The highest BCUT2D eigenvalue weighted by Gasteiger charge is 2.28. The van der Waals surface area contributed by atoms with Crippen LogP contribution >= 0.6 is 22.6 Å². The van der Waals surface area contributed by atoms with Crippen LogP contribution in [0.3, 0.4) is 0 Å². The van der Waals surface area contributed by atoms with Gasteiger partial charge < -0.3 is 5.11 Å². The van der Waals surface area contributed by atoms with Crippen LogP contribution in [0.15, 0.2) is 0 Å². The van der Waals surface area contributed by atoms with Gasteiger partial charge in [-0.1, -0.05) is 22.6 Å². The Morgan fingerprint density at radius 2 is 2.50 bits per heavy atom. The molecule has 1 unspecified atom stereocenters. The first-order chi connectivity index (χ1) is 4.75. The number of aliphatic carboxylic acids is 1. The lowest BCUT2D eigenvalue weighted by Crippen LogP contribution is -2.34. The van der Waals surface area contributed by atoms with Crippen molar-refractivity contribution in [1.29, 1.82) is 0 Å². The quantitative estimate of drug-likeness (QED) is 0.453. The fraction of sp³-hybridized carbons (Fsp3) is 0.833. The molecule has 0 radical (unpaired) electrons. The predicted molar refractivity (Wildman–Crippen MR) is 46.3 cm³/mol. The minimum atomic E-state index is -0.672. The molecule has 1 rings (SSSR count). The van der Waals surface area contributed by atoms with Gasteiger partial charge in [0, 0.05) is 0 Å². The summed E-state index contributed by atoms with van der Waals surface area (Å²) in [5, 5.41) is 8.67. The summed E-state index contributed by atoms with van der Waals surface area (Å²) in [6, 6.07) is -0.211. The number of alkyl halides is 1. The van der Waals surface area contributed by atoms with Crippen molar-refractivity contribution in [3.8, 4) is 0 Å². The van der Waals surface area contributed by atoms with Crippen molar-refractivity contribution in [2.24, 2.45) is 0 Å². The Morgan fingerprint density at radius 3 is 2.90 bits per heavy atom. The molecule has 0 saturated carbocycles. The Balaban J connectivity index is 2.50. The Bertz CT molecular complexity index is 140. The topological polar surface area (TPSA) is 40.5 Å². The van der Waals surface area contributed by atoms with Crippen molar-refractivity contribution >= 4 is 28.6 Å². The molecule has 1 N–H and O–H groups in total. The predicted octanol–water partition coefficient (Wildman–Crippen LogP) is 0.928. The number of hydrogen-bond donors (Lipinski definition) is 1. The van der Waals surface area contributed by atoms with Crippen molar-refractivity contribution in [3.05, 3.63) is 0 Å². The van der Waals surface area contributed by atoms with Crippen molar-refractivity contribution in [2.45, 2.75) is 18.9 Å². The van der Waals surface area contributed by atoms with Crippen LogP contribution in [-0.2, 0) is 4.79 Å². The second kappa shape index (κ2) is 3.52. The molecule has 0 amide bonds. The van der Waals surface area contributed by atoms with E-state index in [9.17, 15) is 4.79 Å². The average Bonchev–Trinajstić information content (AvgIpc) is 2.33. The van der Waals surface area contributed by atoms with Crippen LogP contribution in [0.4, 0.5) is 0 Å². The maximum absolute atomic E-state index is 10.5. The second-order valence-electron chi connectivity index (χ2n) is 2.43. The van der Waals surface area contributed by atoms with Crippen LogP contribution in [0.2, 0.25) is 0 Å². The number of rotatable bonds is 2. The summed E-state index contributed by atoms with van der Waals surface area (Å²) in [7, 11) is 0. The Morgan fingerprint density at radius 1 is 1.80 bits per heavy atom. The lowest BCUT2D eigenvalue weighted by molar-refractivity contribution is -0.141. The number of likely N-dealkylation sites (tertiary alicyclic amines) is 1. The maximum atomic E-state index is 10.5. The maximum Gasteiger partial charge on any atom is 0.320 e. The molecule has 4 heteroatoms. The summed E-state index contributed by atoms with van der Waals surface area (Å²) in [4.78, 5) is 12.5. The van der Waals surface area contributed by atoms with Gasteiger partial charge in [0.2, 0.25) is 0 Å². The Kier molecular flexibility index (Phi) is 2.91. The van der Waals surface area contributed by atoms with E-state index in [1.54, 1.807) is 0 Å². The lowest BCUT2D eigenvalue weighted by Gasteiger charge is -2.16. The van der Waals surface area contributed by atoms with Gasteiger partial charge in [0.05, 0.1) is 4.55 Å². The van der Waals surface area contributed by atoms with Crippen LogP contribution < -0.4 is 0 Å². The summed E-state index contributed by atoms with van der Waals surface area (Å²) in [6.07, 6.45) is 1.85. The molecule has 0 aromatic carbocycles. The molecule has 1 atom stereocenters. The van der Waals surface area contributed by atoms with Gasteiger partial charge in [0.1, 0.15) is 6.04 Å². The van der Waals surface area contributed by atoms with Gasteiger partial charge in [0.25, 0.3) is 0 Å². The van der Waals surface area contributed by atoms with Crippen LogP contribution in [0, 0.1) is 0 Å². The van der Waals surface area contributed by atoms with E-state index < -0.39 is 5.97 Å². The highest BCUT2D eigenvalue weighted by Crippen LogP contribution is 2.17. The lowest BCUT2D eigenvalue weighted by atomic mass is 10.2. The third-order valence-corrected chi connectivity index (χ3v) is 2.68. The molecule has 0 aliphatic carbocycles. The van der Waals surface area contributed by atoms with Crippen LogP contribution in [0.25, 0.3) is 0 Å². The molecule has 1 aliphatic heterocycles. The molecule has 1 heterocycles. The molecule has 1 fully saturated rings. The minimum absolute atomic E-state index is 0.211. The highest BCUT2D eigenvalue weighted by atomic mass is 127. The number of nitrogens with zero attached hydrogens (tertiary/aromatic N) is 1. The molecule has 58 valence electrons. The van der Waals surface area contributed by atoms with Gasteiger partial charge in [-0.2, -0.15) is 0 Å². The zero-order chi connectivity index (χ0) is 7.56. The third-order valence-electron chi connectivity index (χ3n) is 1.80. The molecule has 0 spiro atoms. The number of carboxylic acids is 1. The van der Waals surface area contributed by atoms with Crippen molar-refractivity contribution in [3.63, 3.8) is 0 Å². The first kappa shape index (κ1) is 8.26. The van der Waals surface area contributed by atoms with Gasteiger partial charge in [-0.25, -0.2) is 0 Å². The fourth-order valence-electron chi connectivity index (χ4n) is 1.25. The monoisotopic (exact) mass is 255 g/mol. The second-order valence-corrected chi connectivity index (χ2v) is 3.11. The molecule has 1 saturated heterocycles. The van der Waals surface area contributed by atoms with Crippen molar-refractivity contribution in [2.75, 3.05) is 11.1 Å². The number of halogens is 1. The number of carboxylic acid groups (broad SMARTS) is 1. The Labute approximate surface area is 73.5 Å². The van der Waals surface area contributed by atoms with Gasteiger partial charge >= 0.3 is 5.97 Å². The molecular weight excluding hydrogens is 245 g/mol. The van der Waals surface area contributed by atoms with E-state index in [4.69, 9.17) is 5.11 Å². The van der Waals surface area contributed by atoms with E-state index in [1.807, 2.05) is 4.90 Å². The van der Waals surface area contributed by atoms with E-state index in [-0.39, 0.29) is 6.04 Å². The fourth-order valence-corrected chi connectivity index (χ4v) is 2.07. The summed E-state index contributed by atoms with van der Waals surface area (Å²) in [5.74, 6) is -0.672. The van der Waals surface area contributed by atoms with Crippen LogP contribution in [-0.4, -0.2) is 33.1 Å². The smallest absolute Gasteiger partial charge is 0.320 e. The number of carbonyl (C=O) groups is 1. The molecule has 1 aliphatic rings. The van der Waals surface area contributed by atoms with Gasteiger partial charge in [-0.05, 0) is 19.4 Å². The number of hydrogen-bond acceptors (Lipinski definition) is 2. The van der Waals surface area contributed by atoms with E-state index in [1.165, 1.54) is 0 Å². The third kappa shape index (κ3) is 1.60. The standard InChI is InChI=1S/C6H10INO2/c7-4-8-3-1-2-5(8)6(9)10/h5H,1-4H2,(H,9,10). The van der Waals surface area contributed by atoms with E-state index in [0.717, 1.165) is 23.9 Å². The first-order valence-electron chi connectivity index (χ1n) is 3.28. The summed E-state index contributed by atoms with van der Waals surface area (Å²) in [6.45, 7) is 0.944. The molecule has 0 bridgehead atoms. The zero-order valence-corrected chi connectivity index (χ0v) is 7.74. The minimum Gasteiger partial charge on any atom is -0.480 e. The largest absolute Gasteiger partial charge is 0.480 e. The highest BCUT2D eigenvalue weighted by molar-refractivity contribution is 14.1. The molecule has 10 heavy (non-hydrogen) atoms. The molecule has 3 nitrogen and oxygen atoms in total. The van der Waals surface area contributed by atoms with Gasteiger partial charge in [-0.15, -0.1) is 0 Å². The molecule has 0 aromatic heterocycles. The van der Waals surface area contributed by atoms with Crippen molar-refractivity contribution in [1.82, 2.24) is 4.90 Å².